The highest BCUT2D eigenvalue weighted by Gasteiger charge is 2.11. The van der Waals surface area contributed by atoms with E-state index in [2.05, 4.69) is 26.3 Å². The van der Waals surface area contributed by atoms with E-state index in [9.17, 15) is 4.79 Å². The lowest BCUT2D eigenvalue weighted by Gasteiger charge is -2.09. The van der Waals surface area contributed by atoms with Crippen molar-refractivity contribution in [2.75, 3.05) is 20.3 Å². The zero-order chi connectivity index (χ0) is 14.4. The third-order valence-corrected chi connectivity index (χ3v) is 3.29. The summed E-state index contributed by atoms with van der Waals surface area (Å²) in [6.07, 6.45) is 3.27. The Morgan fingerprint density at radius 1 is 1.45 bits per heavy atom. The molecule has 0 aliphatic rings. The van der Waals surface area contributed by atoms with Crippen LogP contribution in [0.2, 0.25) is 0 Å². The van der Waals surface area contributed by atoms with Gasteiger partial charge in [-0.25, -0.2) is 4.68 Å². The molecule has 0 aliphatic carbocycles. The van der Waals surface area contributed by atoms with Gasteiger partial charge >= 0.3 is 0 Å². The zero-order valence-corrected chi connectivity index (χ0v) is 12.7. The first kappa shape index (κ1) is 14.7. The molecule has 0 bridgehead atoms. The van der Waals surface area contributed by atoms with E-state index in [-0.39, 0.29) is 10.7 Å². The van der Waals surface area contributed by atoms with Crippen LogP contribution in [-0.4, -0.2) is 40.8 Å². The van der Waals surface area contributed by atoms with E-state index in [0.717, 1.165) is 5.69 Å². The van der Waals surface area contributed by atoms with Crippen LogP contribution in [0.3, 0.4) is 0 Å². The molecule has 0 spiro atoms. The van der Waals surface area contributed by atoms with E-state index in [4.69, 9.17) is 4.74 Å². The van der Waals surface area contributed by atoms with Gasteiger partial charge in [0.1, 0.15) is 0 Å². The lowest BCUT2D eigenvalue weighted by Crippen LogP contribution is -2.31. The minimum Gasteiger partial charge on any atom is -0.383 e. The van der Waals surface area contributed by atoms with Crippen molar-refractivity contribution in [3.8, 4) is 5.69 Å². The molecule has 0 radical (unpaired) electrons. The van der Waals surface area contributed by atoms with Gasteiger partial charge in [-0.2, -0.15) is 5.10 Å². The van der Waals surface area contributed by atoms with Gasteiger partial charge in [-0.15, -0.1) is 0 Å². The monoisotopic (exact) mass is 337 g/mol. The molecule has 1 heterocycles. The highest BCUT2D eigenvalue weighted by molar-refractivity contribution is 9.09. The number of para-hydroxylation sites is 1. The average Bonchev–Trinajstić information content (AvgIpc) is 2.96. The maximum atomic E-state index is 12.0. The topological polar surface area (TPSA) is 56.1 Å². The molecule has 20 heavy (non-hydrogen) atoms. The normalized spacial score (nSPS) is 12.1. The summed E-state index contributed by atoms with van der Waals surface area (Å²) in [6, 6.07) is 9.66. The van der Waals surface area contributed by atoms with Crippen LogP contribution in [0.4, 0.5) is 0 Å². The first-order chi connectivity index (χ1) is 9.70. The fourth-order valence-electron chi connectivity index (χ4n) is 1.71. The lowest BCUT2D eigenvalue weighted by atomic mass is 10.3. The molecule has 1 aromatic heterocycles. The number of carbonyl (C=O) groups is 1. The van der Waals surface area contributed by atoms with Crippen LogP contribution in [0.1, 0.15) is 10.4 Å². The summed E-state index contributed by atoms with van der Waals surface area (Å²) in [5.41, 5.74) is 1.45. The number of hydrogen-bond acceptors (Lipinski definition) is 3. The van der Waals surface area contributed by atoms with Gasteiger partial charge in [0.25, 0.3) is 5.91 Å². The van der Waals surface area contributed by atoms with Crippen molar-refractivity contribution in [3.05, 3.63) is 48.3 Å². The first-order valence-corrected chi connectivity index (χ1v) is 7.13. The van der Waals surface area contributed by atoms with Gasteiger partial charge < -0.3 is 10.1 Å². The van der Waals surface area contributed by atoms with Gasteiger partial charge in [-0.05, 0) is 12.1 Å². The summed E-state index contributed by atoms with van der Waals surface area (Å²) in [5, 5.41) is 7.02. The van der Waals surface area contributed by atoms with Crippen molar-refractivity contribution in [3.63, 3.8) is 0 Å². The lowest BCUT2D eigenvalue weighted by molar-refractivity contribution is 0.0950. The summed E-state index contributed by atoms with van der Waals surface area (Å²) in [4.78, 5) is 12.1. The summed E-state index contributed by atoms with van der Waals surface area (Å²) < 4.78 is 6.67. The predicted octanol–water partition coefficient (Wildman–Crippen LogP) is 2.01. The van der Waals surface area contributed by atoms with Gasteiger partial charge in [0.15, 0.2) is 0 Å². The van der Waals surface area contributed by atoms with Crippen molar-refractivity contribution >= 4 is 21.8 Å². The molecule has 0 fully saturated rings. The SMILES string of the molecule is COCC(Br)CNC(=O)c1cnn(-c2ccccc2)c1. The van der Waals surface area contributed by atoms with Gasteiger partial charge in [0.05, 0.1) is 28.9 Å². The molecule has 2 aromatic rings. The van der Waals surface area contributed by atoms with E-state index < -0.39 is 0 Å². The Balaban J connectivity index is 1.97. The molecule has 1 aromatic carbocycles. The summed E-state index contributed by atoms with van der Waals surface area (Å²) in [6.45, 7) is 1.05. The quantitative estimate of drug-likeness (QED) is 0.820. The Labute approximate surface area is 126 Å². The smallest absolute Gasteiger partial charge is 0.254 e. The highest BCUT2D eigenvalue weighted by Crippen LogP contribution is 2.07. The fraction of sp³-hybridized carbons (Fsp3) is 0.286. The molecular formula is C14H16BrN3O2. The Kier molecular flexibility index (Phi) is 5.31. The van der Waals surface area contributed by atoms with E-state index in [1.54, 1.807) is 24.2 Å². The Morgan fingerprint density at radius 3 is 2.90 bits per heavy atom. The first-order valence-electron chi connectivity index (χ1n) is 6.22. The van der Waals surface area contributed by atoms with Crippen LogP contribution in [-0.2, 0) is 4.74 Å². The molecule has 0 aliphatic heterocycles. The molecule has 0 saturated carbocycles. The summed E-state index contributed by atoms with van der Waals surface area (Å²) >= 11 is 3.42. The zero-order valence-electron chi connectivity index (χ0n) is 11.1. The van der Waals surface area contributed by atoms with Crippen molar-refractivity contribution in [2.24, 2.45) is 0 Å². The minimum absolute atomic E-state index is 0.0978. The molecule has 5 nitrogen and oxygen atoms in total. The molecule has 1 amide bonds. The number of benzene rings is 1. The number of ether oxygens (including phenoxy) is 1. The van der Waals surface area contributed by atoms with Crippen LogP contribution >= 0.6 is 15.9 Å². The van der Waals surface area contributed by atoms with E-state index in [0.29, 0.717) is 18.7 Å². The second kappa shape index (κ2) is 7.21. The Bertz CT molecular complexity index is 557. The number of rotatable bonds is 6. The van der Waals surface area contributed by atoms with Crippen LogP contribution in [0.5, 0.6) is 0 Å². The number of hydrogen-bond donors (Lipinski definition) is 1. The van der Waals surface area contributed by atoms with Gasteiger partial charge in [0, 0.05) is 19.9 Å². The predicted molar refractivity (Wildman–Crippen MR) is 80.5 cm³/mol. The molecular weight excluding hydrogens is 322 g/mol. The van der Waals surface area contributed by atoms with Crippen LogP contribution in [0.25, 0.3) is 5.69 Å². The maximum absolute atomic E-state index is 12.0. The molecule has 2 rings (SSSR count). The number of aromatic nitrogens is 2. The number of nitrogens with one attached hydrogen (secondary N) is 1. The highest BCUT2D eigenvalue weighted by atomic mass is 79.9. The molecule has 1 N–H and O–H groups in total. The number of carbonyl (C=O) groups excluding carboxylic acids is 1. The summed E-state index contributed by atoms with van der Waals surface area (Å²) in [5.74, 6) is -0.146. The third-order valence-electron chi connectivity index (χ3n) is 2.70. The molecule has 106 valence electrons. The van der Waals surface area contributed by atoms with Crippen molar-refractivity contribution in [2.45, 2.75) is 4.83 Å². The van der Waals surface area contributed by atoms with Crippen LogP contribution in [0, 0.1) is 0 Å². The van der Waals surface area contributed by atoms with E-state index >= 15 is 0 Å². The van der Waals surface area contributed by atoms with Crippen molar-refractivity contribution in [1.29, 1.82) is 0 Å². The van der Waals surface area contributed by atoms with Crippen molar-refractivity contribution in [1.82, 2.24) is 15.1 Å². The molecule has 6 heteroatoms. The van der Waals surface area contributed by atoms with Crippen LogP contribution in [0.15, 0.2) is 42.7 Å². The third kappa shape index (κ3) is 3.91. The number of alkyl halides is 1. The van der Waals surface area contributed by atoms with Crippen molar-refractivity contribution < 1.29 is 9.53 Å². The average molecular weight is 338 g/mol. The fourth-order valence-corrected chi connectivity index (χ4v) is 2.13. The second-order valence-electron chi connectivity index (χ2n) is 4.27. The van der Waals surface area contributed by atoms with Gasteiger partial charge in [-0.3, -0.25) is 4.79 Å². The molecule has 1 atom stereocenters. The maximum Gasteiger partial charge on any atom is 0.254 e. The number of amides is 1. The molecule has 1 unspecified atom stereocenters. The van der Waals surface area contributed by atoms with Gasteiger partial charge in [0.2, 0.25) is 0 Å². The number of halogens is 1. The Morgan fingerprint density at radius 2 is 2.20 bits per heavy atom. The van der Waals surface area contributed by atoms with E-state index in [1.165, 1.54) is 0 Å². The minimum atomic E-state index is -0.146. The second-order valence-corrected chi connectivity index (χ2v) is 5.57. The standard InChI is InChI=1S/C14H16BrN3O2/c1-20-10-12(15)8-16-14(19)11-7-17-18(9-11)13-5-3-2-4-6-13/h2-7,9,12H,8,10H2,1H3,(H,16,19). The number of methoxy groups -OCH3 is 1. The Hall–Kier alpha value is -1.66. The van der Waals surface area contributed by atoms with E-state index in [1.807, 2.05) is 30.3 Å². The van der Waals surface area contributed by atoms with Gasteiger partial charge in [-0.1, -0.05) is 34.1 Å². The largest absolute Gasteiger partial charge is 0.383 e. The number of nitrogens with zero attached hydrogens (tertiary/aromatic N) is 2. The van der Waals surface area contributed by atoms with Crippen LogP contribution < -0.4 is 5.32 Å². The summed E-state index contributed by atoms with van der Waals surface area (Å²) in [7, 11) is 1.62. The molecule has 0 saturated heterocycles.